The number of halogens is 7. The lowest BCUT2D eigenvalue weighted by molar-refractivity contribution is -0.138. The molecule has 0 spiro atoms. The van der Waals surface area contributed by atoms with Crippen LogP contribution >= 0.6 is 27.5 Å². The van der Waals surface area contributed by atoms with E-state index in [9.17, 15) is 22.0 Å². The number of alkyl halides is 6. The van der Waals surface area contributed by atoms with E-state index in [1.54, 1.807) is 0 Å². The summed E-state index contributed by atoms with van der Waals surface area (Å²) < 4.78 is 61.5. The SMILES string of the molecule is FC(F)c1c(CCl)ncc(C(F)(F)F)c1Br. The molecule has 1 nitrogen and oxygen atoms in total. The third kappa shape index (κ3) is 2.63. The summed E-state index contributed by atoms with van der Waals surface area (Å²) in [5.74, 6) is -0.379. The van der Waals surface area contributed by atoms with Crippen LogP contribution in [0.1, 0.15) is 23.2 Å². The largest absolute Gasteiger partial charge is 0.418 e. The molecule has 0 aliphatic heterocycles. The fourth-order valence-electron chi connectivity index (χ4n) is 1.07. The second-order valence-electron chi connectivity index (χ2n) is 2.78. The van der Waals surface area contributed by atoms with Crippen molar-refractivity contribution >= 4 is 27.5 Å². The van der Waals surface area contributed by atoms with E-state index in [1.807, 2.05) is 0 Å². The van der Waals surface area contributed by atoms with Crippen molar-refractivity contribution in [2.75, 3.05) is 0 Å². The van der Waals surface area contributed by atoms with Crippen LogP contribution in [0, 0.1) is 0 Å². The summed E-state index contributed by atoms with van der Waals surface area (Å²) in [6.07, 6.45) is -7.33. The molecule has 90 valence electrons. The van der Waals surface area contributed by atoms with Gasteiger partial charge in [-0.2, -0.15) is 13.2 Å². The standard InChI is InChI=1S/C8H4BrClF5N/c9-6-3(8(13,14)15)2-16-4(1-10)5(6)7(11)12/h2,7H,1H2. The molecule has 0 saturated heterocycles. The van der Waals surface area contributed by atoms with Gasteiger partial charge in [0.25, 0.3) is 6.43 Å². The van der Waals surface area contributed by atoms with E-state index >= 15 is 0 Å². The fraction of sp³-hybridized carbons (Fsp3) is 0.375. The molecule has 8 heteroatoms. The van der Waals surface area contributed by atoms with E-state index in [0.29, 0.717) is 6.20 Å². The summed E-state index contributed by atoms with van der Waals surface area (Å²) in [5, 5.41) is 0. The van der Waals surface area contributed by atoms with Crippen LogP contribution in [0.5, 0.6) is 0 Å². The molecule has 0 radical (unpaired) electrons. The fourth-order valence-corrected chi connectivity index (χ4v) is 2.01. The number of hydrogen-bond donors (Lipinski definition) is 0. The predicted molar refractivity (Wildman–Crippen MR) is 51.5 cm³/mol. The van der Waals surface area contributed by atoms with Gasteiger partial charge in [0.05, 0.1) is 22.7 Å². The van der Waals surface area contributed by atoms with Crippen LogP contribution in [0.2, 0.25) is 0 Å². The van der Waals surface area contributed by atoms with Crippen molar-refractivity contribution in [2.45, 2.75) is 18.5 Å². The third-order valence-corrected chi connectivity index (χ3v) is 2.89. The Hall–Kier alpha value is -0.430. The number of rotatable bonds is 2. The number of pyridine rings is 1. The zero-order chi connectivity index (χ0) is 12.5. The minimum absolute atomic E-state index is 0.267. The van der Waals surface area contributed by atoms with Crippen LogP contribution in [0.25, 0.3) is 0 Å². The highest BCUT2D eigenvalue weighted by Crippen LogP contribution is 2.40. The zero-order valence-electron chi connectivity index (χ0n) is 7.45. The van der Waals surface area contributed by atoms with Gasteiger partial charge >= 0.3 is 6.18 Å². The highest BCUT2D eigenvalue weighted by molar-refractivity contribution is 9.10. The first-order valence-electron chi connectivity index (χ1n) is 3.87. The molecule has 0 unspecified atom stereocenters. The Bertz CT molecular complexity index is 393. The number of hydrogen-bond acceptors (Lipinski definition) is 1. The summed E-state index contributed by atoms with van der Waals surface area (Å²) in [6.45, 7) is 0. The summed E-state index contributed by atoms with van der Waals surface area (Å²) in [6, 6.07) is 0. The maximum absolute atomic E-state index is 12.5. The van der Waals surface area contributed by atoms with Crippen molar-refractivity contribution in [3.63, 3.8) is 0 Å². The smallest absolute Gasteiger partial charge is 0.259 e. The molecule has 0 aliphatic carbocycles. The van der Waals surface area contributed by atoms with Gasteiger partial charge in [-0.15, -0.1) is 11.6 Å². The summed E-state index contributed by atoms with van der Waals surface area (Å²) in [7, 11) is 0. The van der Waals surface area contributed by atoms with Crippen molar-refractivity contribution in [3.05, 3.63) is 27.5 Å². The molecule has 0 N–H and O–H groups in total. The Morgan fingerprint density at radius 2 is 1.94 bits per heavy atom. The average Bonchev–Trinajstić information content (AvgIpc) is 2.14. The van der Waals surface area contributed by atoms with Gasteiger partial charge in [-0.05, 0) is 15.9 Å². The molecule has 1 aromatic heterocycles. The van der Waals surface area contributed by atoms with Crippen LogP contribution in [0.4, 0.5) is 22.0 Å². The Morgan fingerprint density at radius 1 is 1.38 bits per heavy atom. The Kier molecular flexibility index (Phi) is 4.12. The van der Waals surface area contributed by atoms with Gasteiger partial charge in [-0.3, -0.25) is 4.98 Å². The molecular weight excluding hydrogens is 320 g/mol. The van der Waals surface area contributed by atoms with E-state index in [4.69, 9.17) is 11.6 Å². The van der Waals surface area contributed by atoms with Crippen LogP contribution in [0.3, 0.4) is 0 Å². The van der Waals surface area contributed by atoms with Gasteiger partial charge in [-0.1, -0.05) is 0 Å². The molecule has 1 rings (SSSR count). The molecule has 0 amide bonds. The number of nitrogens with zero attached hydrogens (tertiary/aromatic N) is 1. The monoisotopic (exact) mass is 323 g/mol. The molecule has 1 aromatic rings. The van der Waals surface area contributed by atoms with Crippen LogP contribution in [-0.4, -0.2) is 4.98 Å². The Balaban J connectivity index is 3.44. The van der Waals surface area contributed by atoms with Crippen LogP contribution in [-0.2, 0) is 12.1 Å². The quantitative estimate of drug-likeness (QED) is 0.575. The zero-order valence-corrected chi connectivity index (χ0v) is 9.80. The lowest BCUT2D eigenvalue weighted by atomic mass is 10.1. The molecule has 0 atom stereocenters. The van der Waals surface area contributed by atoms with Gasteiger partial charge in [0, 0.05) is 10.7 Å². The minimum Gasteiger partial charge on any atom is -0.259 e. The summed E-state index contributed by atoms with van der Waals surface area (Å²) in [5.41, 5.74) is -2.32. The first-order valence-corrected chi connectivity index (χ1v) is 5.20. The summed E-state index contributed by atoms with van der Waals surface area (Å²) >= 11 is 7.83. The van der Waals surface area contributed by atoms with E-state index in [2.05, 4.69) is 20.9 Å². The molecule has 0 saturated carbocycles. The lowest BCUT2D eigenvalue weighted by Gasteiger charge is -2.14. The van der Waals surface area contributed by atoms with Crippen molar-refractivity contribution < 1.29 is 22.0 Å². The van der Waals surface area contributed by atoms with Gasteiger partial charge < -0.3 is 0 Å². The van der Waals surface area contributed by atoms with Gasteiger partial charge in [0.1, 0.15) is 0 Å². The second kappa shape index (κ2) is 4.83. The van der Waals surface area contributed by atoms with Crippen molar-refractivity contribution in [2.24, 2.45) is 0 Å². The van der Waals surface area contributed by atoms with Gasteiger partial charge in [0.15, 0.2) is 0 Å². The van der Waals surface area contributed by atoms with Gasteiger partial charge in [-0.25, -0.2) is 8.78 Å². The normalized spacial score (nSPS) is 12.2. The number of aromatic nitrogens is 1. The molecular formula is C8H4BrClF5N. The lowest BCUT2D eigenvalue weighted by Crippen LogP contribution is -2.10. The van der Waals surface area contributed by atoms with E-state index < -0.39 is 28.2 Å². The van der Waals surface area contributed by atoms with E-state index in [0.717, 1.165) is 0 Å². The van der Waals surface area contributed by atoms with Crippen LogP contribution < -0.4 is 0 Å². The maximum Gasteiger partial charge on any atom is 0.418 e. The van der Waals surface area contributed by atoms with Gasteiger partial charge in [0.2, 0.25) is 0 Å². The van der Waals surface area contributed by atoms with Crippen molar-refractivity contribution in [1.29, 1.82) is 0 Å². The first-order chi connectivity index (χ1) is 7.29. The highest BCUT2D eigenvalue weighted by Gasteiger charge is 2.36. The first kappa shape index (κ1) is 13.6. The van der Waals surface area contributed by atoms with E-state index in [1.165, 1.54) is 0 Å². The highest BCUT2D eigenvalue weighted by atomic mass is 79.9. The Labute approximate surface area is 101 Å². The average molecular weight is 324 g/mol. The predicted octanol–water partition coefficient (Wildman–Crippen LogP) is 4.54. The topological polar surface area (TPSA) is 12.9 Å². The molecule has 16 heavy (non-hydrogen) atoms. The molecule has 0 aliphatic rings. The third-order valence-electron chi connectivity index (χ3n) is 1.78. The van der Waals surface area contributed by atoms with Crippen molar-refractivity contribution in [3.8, 4) is 0 Å². The maximum atomic E-state index is 12.5. The summed E-state index contributed by atoms with van der Waals surface area (Å²) in [4.78, 5) is 3.28. The van der Waals surface area contributed by atoms with Crippen LogP contribution in [0.15, 0.2) is 10.7 Å². The molecule has 0 fully saturated rings. The molecule has 0 bridgehead atoms. The molecule has 0 aromatic carbocycles. The minimum atomic E-state index is -4.74. The molecule has 1 heterocycles. The van der Waals surface area contributed by atoms with E-state index in [-0.39, 0.29) is 11.6 Å². The second-order valence-corrected chi connectivity index (χ2v) is 3.84. The van der Waals surface area contributed by atoms with Crippen molar-refractivity contribution in [1.82, 2.24) is 4.98 Å². The Morgan fingerprint density at radius 3 is 2.31 bits per heavy atom.